The first-order chi connectivity index (χ1) is 4.95. The third-order valence-corrected chi connectivity index (χ3v) is 1.78. The lowest BCUT2D eigenvalue weighted by Crippen LogP contribution is -1.95. The van der Waals surface area contributed by atoms with Gasteiger partial charge in [-0.15, -0.1) is 0 Å². The molecule has 1 heteroatoms. The van der Waals surface area contributed by atoms with Crippen LogP contribution in [0.4, 0.5) is 0 Å². The Kier molecular flexibility index (Phi) is 1.28. The first kappa shape index (κ1) is 5.66. The molecule has 1 nitrogen and oxygen atoms in total. The van der Waals surface area contributed by atoms with Gasteiger partial charge in [-0.2, -0.15) is 0 Å². The van der Waals surface area contributed by atoms with E-state index in [-0.39, 0.29) is 0 Å². The number of hydrogen-bond acceptors (Lipinski definition) is 1. The second-order valence-electron chi connectivity index (χ2n) is 2.57. The highest BCUT2D eigenvalue weighted by atomic mass is 14.7. The first-order valence-electron chi connectivity index (χ1n) is 3.53. The molecule has 1 aliphatic heterocycles. The predicted octanol–water partition coefficient (Wildman–Crippen LogP) is 2.09. The highest BCUT2D eigenvalue weighted by Gasteiger charge is 2.07. The second kappa shape index (κ2) is 2.25. The summed E-state index contributed by atoms with van der Waals surface area (Å²) in [5.74, 6) is 0.586. The Bertz CT molecular complexity index is 235. The Morgan fingerprint density at radius 1 is 1.30 bits per heavy atom. The SMILES string of the molecule is C1=CC2C=CC=C(C2)N=C1. The Hall–Kier alpha value is -1.11. The Labute approximate surface area is 60.5 Å². The molecular formula is C9H9N. The van der Waals surface area contributed by atoms with Gasteiger partial charge in [0, 0.05) is 17.8 Å². The van der Waals surface area contributed by atoms with E-state index in [0.29, 0.717) is 5.92 Å². The summed E-state index contributed by atoms with van der Waals surface area (Å²) < 4.78 is 0. The van der Waals surface area contributed by atoms with Gasteiger partial charge in [0.15, 0.2) is 0 Å². The molecule has 1 heterocycles. The molecule has 2 aliphatic rings. The molecule has 1 atom stereocenters. The summed E-state index contributed by atoms with van der Waals surface area (Å²) in [5.41, 5.74) is 1.19. The summed E-state index contributed by atoms with van der Waals surface area (Å²) in [4.78, 5) is 4.24. The van der Waals surface area contributed by atoms with E-state index in [0.717, 1.165) is 6.42 Å². The van der Waals surface area contributed by atoms with E-state index in [9.17, 15) is 0 Å². The molecule has 50 valence electrons. The summed E-state index contributed by atoms with van der Waals surface area (Å²) in [5, 5.41) is 0. The van der Waals surface area contributed by atoms with E-state index in [1.54, 1.807) is 0 Å². The predicted molar refractivity (Wildman–Crippen MR) is 43.0 cm³/mol. The van der Waals surface area contributed by atoms with E-state index in [1.165, 1.54) is 5.70 Å². The maximum Gasteiger partial charge on any atom is 0.0412 e. The molecule has 1 unspecified atom stereocenters. The van der Waals surface area contributed by atoms with Crippen LogP contribution in [0.2, 0.25) is 0 Å². The van der Waals surface area contributed by atoms with Crippen LogP contribution in [0.5, 0.6) is 0 Å². The van der Waals surface area contributed by atoms with Gasteiger partial charge in [0.2, 0.25) is 0 Å². The molecule has 0 fully saturated rings. The number of rotatable bonds is 0. The molecule has 0 aromatic carbocycles. The van der Waals surface area contributed by atoms with Gasteiger partial charge in [0.1, 0.15) is 0 Å². The fraction of sp³-hybridized carbons (Fsp3) is 0.222. The van der Waals surface area contributed by atoms with Crippen LogP contribution in [0, 0.1) is 5.92 Å². The summed E-state index contributed by atoms with van der Waals surface area (Å²) in [6.07, 6.45) is 13.5. The standard InChI is InChI=1S/C9H9N/c1-3-8-4-2-6-10-9(5-1)7-8/h1-6,8H,7H2. The lowest BCUT2D eigenvalue weighted by atomic mass is 9.99. The van der Waals surface area contributed by atoms with Gasteiger partial charge in [-0.25, -0.2) is 0 Å². The largest absolute Gasteiger partial charge is 0.261 e. The van der Waals surface area contributed by atoms with E-state index < -0.39 is 0 Å². The van der Waals surface area contributed by atoms with Crippen LogP contribution in [-0.4, -0.2) is 6.21 Å². The summed E-state index contributed by atoms with van der Waals surface area (Å²) in [6, 6.07) is 0. The van der Waals surface area contributed by atoms with Crippen molar-refractivity contribution in [3.8, 4) is 0 Å². The van der Waals surface area contributed by atoms with Crippen molar-refractivity contribution in [1.29, 1.82) is 0 Å². The van der Waals surface area contributed by atoms with Gasteiger partial charge in [-0.1, -0.05) is 18.2 Å². The molecule has 0 saturated carbocycles. The maximum absolute atomic E-state index is 4.24. The van der Waals surface area contributed by atoms with Crippen LogP contribution in [0.15, 0.2) is 41.1 Å². The normalized spacial score (nSPS) is 28.0. The van der Waals surface area contributed by atoms with E-state index in [2.05, 4.69) is 29.3 Å². The number of hydrogen-bond donors (Lipinski definition) is 0. The van der Waals surface area contributed by atoms with Crippen LogP contribution in [0.3, 0.4) is 0 Å². The summed E-state index contributed by atoms with van der Waals surface area (Å²) >= 11 is 0. The van der Waals surface area contributed by atoms with Crippen LogP contribution in [0.1, 0.15) is 6.42 Å². The van der Waals surface area contributed by atoms with Crippen LogP contribution >= 0.6 is 0 Å². The maximum atomic E-state index is 4.24. The molecule has 1 aliphatic carbocycles. The van der Waals surface area contributed by atoms with Crippen molar-refractivity contribution in [2.24, 2.45) is 10.9 Å². The van der Waals surface area contributed by atoms with Gasteiger partial charge in [-0.05, 0) is 18.6 Å². The average molecular weight is 131 g/mol. The lowest BCUT2D eigenvalue weighted by molar-refractivity contribution is 0.781. The fourth-order valence-electron chi connectivity index (χ4n) is 1.25. The highest BCUT2D eigenvalue weighted by molar-refractivity contribution is 5.73. The Balaban J connectivity index is 2.37. The molecular weight excluding hydrogens is 122 g/mol. The molecule has 0 N–H and O–H groups in total. The zero-order valence-electron chi connectivity index (χ0n) is 5.70. The molecule has 0 spiro atoms. The topological polar surface area (TPSA) is 12.4 Å². The monoisotopic (exact) mass is 131 g/mol. The number of fused-ring (bicyclic) bond motifs is 2. The Morgan fingerprint density at radius 2 is 2.20 bits per heavy atom. The molecule has 0 aromatic rings. The minimum Gasteiger partial charge on any atom is -0.261 e. The molecule has 0 radical (unpaired) electrons. The second-order valence-corrected chi connectivity index (χ2v) is 2.57. The van der Waals surface area contributed by atoms with Gasteiger partial charge >= 0.3 is 0 Å². The van der Waals surface area contributed by atoms with Crippen molar-refractivity contribution in [1.82, 2.24) is 0 Å². The van der Waals surface area contributed by atoms with Crippen molar-refractivity contribution in [3.05, 3.63) is 36.1 Å². The average Bonchev–Trinajstić information content (AvgIpc) is 2.12. The van der Waals surface area contributed by atoms with Crippen molar-refractivity contribution < 1.29 is 0 Å². The van der Waals surface area contributed by atoms with Crippen molar-refractivity contribution in [2.45, 2.75) is 6.42 Å². The van der Waals surface area contributed by atoms with Crippen molar-refractivity contribution in [2.75, 3.05) is 0 Å². The molecule has 2 bridgehead atoms. The zero-order chi connectivity index (χ0) is 6.81. The van der Waals surface area contributed by atoms with Gasteiger partial charge < -0.3 is 0 Å². The van der Waals surface area contributed by atoms with Crippen LogP contribution < -0.4 is 0 Å². The van der Waals surface area contributed by atoms with Crippen molar-refractivity contribution >= 4 is 6.21 Å². The zero-order valence-corrected chi connectivity index (χ0v) is 5.70. The van der Waals surface area contributed by atoms with E-state index in [4.69, 9.17) is 0 Å². The van der Waals surface area contributed by atoms with E-state index >= 15 is 0 Å². The number of aliphatic imine (C=N–C) groups is 1. The quantitative estimate of drug-likeness (QED) is 0.477. The Morgan fingerprint density at radius 3 is 3.20 bits per heavy atom. The molecule has 0 aromatic heterocycles. The molecule has 10 heavy (non-hydrogen) atoms. The number of allylic oxidation sites excluding steroid dienone is 6. The third-order valence-electron chi connectivity index (χ3n) is 1.78. The fourth-order valence-corrected chi connectivity index (χ4v) is 1.25. The number of nitrogens with zero attached hydrogens (tertiary/aromatic N) is 1. The molecule has 0 saturated heterocycles. The van der Waals surface area contributed by atoms with Gasteiger partial charge in [-0.3, -0.25) is 4.99 Å². The van der Waals surface area contributed by atoms with Crippen LogP contribution in [0.25, 0.3) is 0 Å². The first-order valence-corrected chi connectivity index (χ1v) is 3.53. The minimum atomic E-state index is 0.586. The van der Waals surface area contributed by atoms with E-state index in [1.807, 2.05) is 12.3 Å². The van der Waals surface area contributed by atoms with Crippen molar-refractivity contribution in [3.63, 3.8) is 0 Å². The smallest absolute Gasteiger partial charge is 0.0412 e. The summed E-state index contributed by atoms with van der Waals surface area (Å²) in [7, 11) is 0. The van der Waals surface area contributed by atoms with Gasteiger partial charge in [0.25, 0.3) is 0 Å². The molecule has 2 rings (SSSR count). The molecule has 0 amide bonds. The lowest BCUT2D eigenvalue weighted by Gasteiger charge is -2.08. The minimum absolute atomic E-state index is 0.586. The van der Waals surface area contributed by atoms with Crippen LogP contribution in [-0.2, 0) is 0 Å². The highest BCUT2D eigenvalue weighted by Crippen LogP contribution is 2.21. The van der Waals surface area contributed by atoms with Gasteiger partial charge in [0.05, 0.1) is 0 Å². The third kappa shape index (κ3) is 0.947. The summed E-state index contributed by atoms with van der Waals surface area (Å²) in [6.45, 7) is 0.